The molecule has 0 heterocycles. The molecule has 0 aromatic rings. The third-order valence-corrected chi connectivity index (χ3v) is 12.4. The van der Waals surface area contributed by atoms with Crippen LogP contribution in [0.1, 0.15) is 278 Å². The van der Waals surface area contributed by atoms with Gasteiger partial charge in [-0.25, -0.2) is 0 Å². The Bertz CT molecular complexity index is 1330. The molecule has 69 heavy (non-hydrogen) atoms. The summed E-state index contributed by atoms with van der Waals surface area (Å²) in [5.41, 5.74) is 0. The van der Waals surface area contributed by atoms with Crippen molar-refractivity contribution >= 4 is 17.9 Å². The molecular weight excluding hydrogens is 853 g/mol. The number of esters is 3. The third kappa shape index (κ3) is 55.4. The number of ether oxygens (including phenoxy) is 3. The topological polar surface area (TPSA) is 78.9 Å². The molecule has 0 aliphatic rings. The molecule has 0 saturated heterocycles. The quantitative estimate of drug-likeness (QED) is 0.0262. The molecule has 6 nitrogen and oxygen atoms in total. The lowest BCUT2D eigenvalue weighted by Gasteiger charge is -2.18. The molecule has 0 fully saturated rings. The first-order valence-corrected chi connectivity index (χ1v) is 29.1. The average molecular weight is 962 g/mol. The molecule has 1 atom stereocenters. The minimum absolute atomic E-state index is 0.0897. The Morgan fingerprint density at radius 2 is 0.565 bits per heavy atom. The molecule has 0 aromatic carbocycles. The van der Waals surface area contributed by atoms with Crippen LogP contribution in [0.15, 0.2) is 85.1 Å². The van der Waals surface area contributed by atoms with E-state index in [-0.39, 0.29) is 37.5 Å². The lowest BCUT2D eigenvalue weighted by molar-refractivity contribution is -0.167. The number of carbonyl (C=O) groups excluding carboxylic acids is 3. The van der Waals surface area contributed by atoms with Crippen LogP contribution in [0, 0.1) is 0 Å². The summed E-state index contributed by atoms with van der Waals surface area (Å²) in [5, 5.41) is 0. The molecule has 0 aromatic heterocycles. The number of carbonyl (C=O) groups is 3. The van der Waals surface area contributed by atoms with Crippen molar-refractivity contribution in [2.75, 3.05) is 13.2 Å². The van der Waals surface area contributed by atoms with Gasteiger partial charge in [0, 0.05) is 19.3 Å². The zero-order chi connectivity index (χ0) is 50.0. The normalized spacial score (nSPS) is 12.7. The van der Waals surface area contributed by atoms with Crippen LogP contribution in [0.25, 0.3) is 0 Å². The minimum atomic E-state index is -0.795. The summed E-state index contributed by atoms with van der Waals surface area (Å²) in [7, 11) is 0. The second-order valence-electron chi connectivity index (χ2n) is 19.2. The van der Waals surface area contributed by atoms with Crippen LogP contribution in [0.3, 0.4) is 0 Å². The zero-order valence-electron chi connectivity index (χ0n) is 45.3. The lowest BCUT2D eigenvalue weighted by Crippen LogP contribution is -2.30. The van der Waals surface area contributed by atoms with E-state index in [1.165, 1.54) is 135 Å². The van der Waals surface area contributed by atoms with Crippen molar-refractivity contribution in [3.05, 3.63) is 85.1 Å². The van der Waals surface area contributed by atoms with E-state index < -0.39 is 6.10 Å². The first-order chi connectivity index (χ1) is 34.0. The van der Waals surface area contributed by atoms with E-state index in [0.717, 1.165) is 103 Å². The SMILES string of the molecule is CC/C=C\C/C=C\C/C=C\C/C=C\C/C=C\CCCCCC(=O)OC(COC(=O)CCCCCCCCCCC/C=C\C/C=C\CCCCCCC)COC(=O)CCCCCCCCCCCCC. The van der Waals surface area contributed by atoms with Crippen LogP contribution in [0.2, 0.25) is 0 Å². The van der Waals surface area contributed by atoms with Crippen molar-refractivity contribution in [1.29, 1.82) is 0 Å². The summed E-state index contributed by atoms with van der Waals surface area (Å²) in [6, 6.07) is 0. The van der Waals surface area contributed by atoms with Crippen LogP contribution < -0.4 is 0 Å². The summed E-state index contributed by atoms with van der Waals surface area (Å²) in [4.78, 5) is 38.1. The van der Waals surface area contributed by atoms with Gasteiger partial charge >= 0.3 is 17.9 Å². The van der Waals surface area contributed by atoms with Crippen LogP contribution in [0.5, 0.6) is 0 Å². The Kier molecular flexibility index (Phi) is 54.3. The van der Waals surface area contributed by atoms with E-state index in [1.54, 1.807) is 0 Å². The number of unbranched alkanes of at least 4 members (excludes halogenated alkanes) is 27. The van der Waals surface area contributed by atoms with Gasteiger partial charge in [0.15, 0.2) is 6.10 Å². The third-order valence-electron chi connectivity index (χ3n) is 12.4. The van der Waals surface area contributed by atoms with Crippen LogP contribution >= 0.6 is 0 Å². The van der Waals surface area contributed by atoms with Crippen LogP contribution in [-0.4, -0.2) is 37.2 Å². The predicted octanol–water partition coefficient (Wildman–Crippen LogP) is 19.5. The summed E-state index contributed by atoms with van der Waals surface area (Å²) in [6.45, 7) is 6.49. The number of allylic oxidation sites excluding steroid dienone is 14. The second-order valence-corrected chi connectivity index (χ2v) is 19.2. The van der Waals surface area contributed by atoms with Gasteiger partial charge in [-0.15, -0.1) is 0 Å². The van der Waals surface area contributed by atoms with Crippen molar-refractivity contribution < 1.29 is 28.6 Å². The molecule has 6 heteroatoms. The summed E-state index contributed by atoms with van der Waals surface area (Å²) in [5.74, 6) is -0.921. The molecule has 0 N–H and O–H groups in total. The van der Waals surface area contributed by atoms with Crippen LogP contribution in [-0.2, 0) is 28.6 Å². The fourth-order valence-corrected chi connectivity index (χ4v) is 8.03. The van der Waals surface area contributed by atoms with E-state index in [1.807, 2.05) is 0 Å². The molecular formula is C63H108O6. The molecule has 396 valence electrons. The van der Waals surface area contributed by atoms with Gasteiger partial charge in [-0.3, -0.25) is 14.4 Å². The van der Waals surface area contributed by atoms with Gasteiger partial charge in [-0.2, -0.15) is 0 Å². The minimum Gasteiger partial charge on any atom is -0.462 e. The van der Waals surface area contributed by atoms with Crippen molar-refractivity contribution in [2.24, 2.45) is 0 Å². The maximum absolute atomic E-state index is 12.8. The van der Waals surface area contributed by atoms with E-state index in [9.17, 15) is 14.4 Å². The maximum Gasteiger partial charge on any atom is 0.306 e. The van der Waals surface area contributed by atoms with Crippen LogP contribution in [0.4, 0.5) is 0 Å². The Hall–Kier alpha value is -3.41. The number of hydrogen-bond donors (Lipinski definition) is 0. The second kappa shape index (κ2) is 57.2. The maximum atomic E-state index is 12.8. The standard InChI is InChI=1S/C63H108O6/c1-4-7-10-13-16-19-22-24-26-28-30-31-33-34-36-38-41-44-47-50-53-56-62(65)68-59-60(58-67-61(64)55-52-49-46-43-40-21-18-15-12-9-6-3)69-63(66)57-54-51-48-45-42-39-37-35-32-29-27-25-23-20-17-14-11-8-5-2/h8,11,17,20,22,24-25,27-28,30,32,35,39,42,60H,4-7,9-10,12-16,18-19,21,23,26,29,31,33-34,36-38,40-41,43-59H2,1-3H3/b11-8-,20-17-,24-22-,27-25-,30-28-,35-32-,42-39-. The smallest absolute Gasteiger partial charge is 0.306 e. The lowest BCUT2D eigenvalue weighted by atomic mass is 10.1. The van der Waals surface area contributed by atoms with E-state index in [0.29, 0.717) is 12.8 Å². The van der Waals surface area contributed by atoms with Crippen molar-refractivity contribution in [1.82, 2.24) is 0 Å². The van der Waals surface area contributed by atoms with Crippen molar-refractivity contribution in [3.63, 3.8) is 0 Å². The molecule has 1 unspecified atom stereocenters. The van der Waals surface area contributed by atoms with E-state index in [2.05, 4.69) is 106 Å². The van der Waals surface area contributed by atoms with Crippen molar-refractivity contribution in [2.45, 2.75) is 284 Å². The monoisotopic (exact) mass is 961 g/mol. The average Bonchev–Trinajstić information content (AvgIpc) is 3.35. The molecule has 0 amide bonds. The first-order valence-electron chi connectivity index (χ1n) is 29.1. The molecule has 0 bridgehead atoms. The summed E-state index contributed by atoms with van der Waals surface area (Å²) in [6.07, 6.45) is 74.3. The number of rotatable bonds is 52. The van der Waals surface area contributed by atoms with Gasteiger partial charge < -0.3 is 14.2 Å². The Morgan fingerprint density at radius 3 is 0.899 bits per heavy atom. The van der Waals surface area contributed by atoms with E-state index in [4.69, 9.17) is 14.2 Å². The summed E-state index contributed by atoms with van der Waals surface area (Å²) >= 11 is 0. The number of hydrogen-bond acceptors (Lipinski definition) is 6. The molecule has 0 rings (SSSR count). The fraction of sp³-hybridized carbons (Fsp3) is 0.730. The first kappa shape index (κ1) is 65.6. The van der Waals surface area contributed by atoms with Crippen molar-refractivity contribution in [3.8, 4) is 0 Å². The molecule has 0 aliphatic carbocycles. The Balaban J connectivity index is 4.39. The molecule has 0 saturated carbocycles. The molecule has 0 radical (unpaired) electrons. The van der Waals surface area contributed by atoms with Gasteiger partial charge in [-0.05, 0) is 96.3 Å². The Labute approximate surface area is 426 Å². The molecule has 0 aliphatic heterocycles. The van der Waals surface area contributed by atoms with Gasteiger partial charge in [0.25, 0.3) is 0 Å². The van der Waals surface area contributed by atoms with Gasteiger partial charge in [-0.1, -0.05) is 247 Å². The predicted molar refractivity (Wildman–Crippen MR) is 297 cm³/mol. The van der Waals surface area contributed by atoms with E-state index >= 15 is 0 Å². The summed E-state index contributed by atoms with van der Waals surface area (Å²) < 4.78 is 16.8. The highest BCUT2D eigenvalue weighted by Gasteiger charge is 2.19. The highest BCUT2D eigenvalue weighted by atomic mass is 16.6. The molecule has 0 spiro atoms. The highest BCUT2D eigenvalue weighted by Crippen LogP contribution is 2.15. The Morgan fingerprint density at radius 1 is 0.304 bits per heavy atom. The van der Waals surface area contributed by atoms with Gasteiger partial charge in [0.1, 0.15) is 13.2 Å². The highest BCUT2D eigenvalue weighted by molar-refractivity contribution is 5.71. The van der Waals surface area contributed by atoms with Gasteiger partial charge in [0.05, 0.1) is 0 Å². The zero-order valence-corrected chi connectivity index (χ0v) is 45.3. The van der Waals surface area contributed by atoms with Gasteiger partial charge in [0.2, 0.25) is 0 Å². The largest absolute Gasteiger partial charge is 0.462 e. The fourth-order valence-electron chi connectivity index (χ4n) is 8.03.